The maximum Gasteiger partial charge on any atom is 0.407 e. The number of nitrogens with two attached hydrogens (primary N) is 1. The number of alkyl carbamates (subject to hydrolysis) is 1. The third-order valence-electron chi connectivity index (χ3n) is 4.65. The molecule has 3 aromatic rings. The summed E-state index contributed by atoms with van der Waals surface area (Å²) in [6.07, 6.45) is 7.36. The van der Waals surface area contributed by atoms with Crippen molar-refractivity contribution in [2.24, 2.45) is 12.8 Å². The van der Waals surface area contributed by atoms with Gasteiger partial charge in [-0.05, 0) is 50.8 Å². The average Bonchev–Trinajstić information content (AvgIpc) is 3.21. The minimum absolute atomic E-state index is 0.373. The van der Waals surface area contributed by atoms with E-state index in [1.807, 2.05) is 44.9 Å². The van der Waals surface area contributed by atoms with Crippen LogP contribution >= 0.6 is 0 Å². The fourth-order valence-corrected chi connectivity index (χ4v) is 3.38. The highest BCUT2D eigenvalue weighted by molar-refractivity contribution is 5.84. The van der Waals surface area contributed by atoms with Gasteiger partial charge in [-0.1, -0.05) is 12.1 Å². The third kappa shape index (κ3) is 5.60. The van der Waals surface area contributed by atoms with Gasteiger partial charge in [-0.3, -0.25) is 0 Å². The number of carbonyl (C=O) groups is 1. The van der Waals surface area contributed by atoms with Crippen LogP contribution in [0.3, 0.4) is 0 Å². The lowest BCUT2D eigenvalue weighted by atomic mass is 10.1. The molecule has 2 aromatic heterocycles. The van der Waals surface area contributed by atoms with Crippen LogP contribution in [0.4, 0.5) is 4.79 Å². The maximum atomic E-state index is 11.8. The second-order valence-electron chi connectivity index (χ2n) is 8.40. The van der Waals surface area contributed by atoms with Gasteiger partial charge in [-0.25, -0.2) is 9.78 Å². The molecule has 3 N–H and O–H groups in total. The zero-order chi connectivity index (χ0) is 21.0. The molecule has 156 valence electrons. The first-order chi connectivity index (χ1) is 13.7. The van der Waals surface area contributed by atoms with E-state index in [0.29, 0.717) is 19.6 Å². The summed E-state index contributed by atoms with van der Waals surface area (Å²) in [5.74, 6) is 0. The van der Waals surface area contributed by atoms with E-state index in [9.17, 15) is 4.79 Å². The quantitative estimate of drug-likeness (QED) is 0.599. The van der Waals surface area contributed by atoms with Gasteiger partial charge in [0.15, 0.2) is 0 Å². The monoisotopic (exact) mass is 397 g/mol. The van der Waals surface area contributed by atoms with Gasteiger partial charge >= 0.3 is 6.09 Å². The number of benzene rings is 1. The molecular formula is C22H31N5O2. The van der Waals surface area contributed by atoms with Crippen LogP contribution in [0.2, 0.25) is 0 Å². The second kappa shape index (κ2) is 8.69. The summed E-state index contributed by atoms with van der Waals surface area (Å²) in [6.45, 7) is 7.37. The maximum absolute atomic E-state index is 11.8. The number of amides is 1. The molecule has 7 heteroatoms. The zero-order valence-corrected chi connectivity index (χ0v) is 17.7. The topological polar surface area (TPSA) is 87.1 Å². The molecule has 0 saturated carbocycles. The molecule has 0 aliphatic heterocycles. The fourth-order valence-electron chi connectivity index (χ4n) is 3.38. The molecule has 0 saturated heterocycles. The number of hydrogen-bond donors (Lipinski definition) is 2. The second-order valence-corrected chi connectivity index (χ2v) is 8.40. The molecule has 0 radical (unpaired) electrons. The molecule has 0 atom stereocenters. The van der Waals surface area contributed by atoms with E-state index < -0.39 is 5.60 Å². The Hall–Kier alpha value is -2.80. The molecule has 0 bridgehead atoms. The van der Waals surface area contributed by atoms with Crippen LogP contribution in [-0.2, 0) is 31.3 Å². The van der Waals surface area contributed by atoms with E-state index >= 15 is 0 Å². The Morgan fingerprint density at radius 3 is 2.72 bits per heavy atom. The van der Waals surface area contributed by atoms with E-state index in [0.717, 1.165) is 29.6 Å². The Kier molecular flexibility index (Phi) is 6.27. The Labute approximate surface area is 171 Å². The van der Waals surface area contributed by atoms with Gasteiger partial charge in [0.25, 0.3) is 0 Å². The zero-order valence-electron chi connectivity index (χ0n) is 17.7. The van der Waals surface area contributed by atoms with E-state index in [1.165, 1.54) is 10.9 Å². The van der Waals surface area contributed by atoms with Crippen molar-refractivity contribution in [2.45, 2.75) is 52.3 Å². The number of rotatable bonds is 7. The van der Waals surface area contributed by atoms with Crippen molar-refractivity contribution in [1.29, 1.82) is 0 Å². The first-order valence-electron chi connectivity index (χ1n) is 9.99. The highest BCUT2D eigenvalue weighted by Gasteiger charge is 2.16. The minimum atomic E-state index is -0.482. The number of hydrogen-bond acceptors (Lipinski definition) is 4. The molecule has 2 heterocycles. The largest absolute Gasteiger partial charge is 0.444 e. The molecule has 1 aromatic carbocycles. The molecular weight excluding hydrogens is 366 g/mol. The van der Waals surface area contributed by atoms with E-state index in [-0.39, 0.29) is 6.09 Å². The number of nitrogens with one attached hydrogen (secondary N) is 1. The van der Waals surface area contributed by atoms with Crippen LogP contribution in [0.1, 0.15) is 44.0 Å². The smallest absolute Gasteiger partial charge is 0.407 e. The van der Waals surface area contributed by atoms with E-state index in [4.69, 9.17) is 10.5 Å². The Bertz CT molecular complexity index is 981. The SMILES string of the molecule is Cn1cnc(Cn2cc(CCCNC(=O)OC(C)(C)C)c3ccc(CN)cc32)c1. The van der Waals surface area contributed by atoms with Crippen LogP contribution in [0.25, 0.3) is 10.9 Å². The van der Waals surface area contributed by atoms with Gasteiger partial charge < -0.3 is 24.9 Å². The molecule has 0 spiro atoms. The number of fused-ring (bicyclic) bond motifs is 1. The van der Waals surface area contributed by atoms with Crippen molar-refractivity contribution in [3.8, 4) is 0 Å². The van der Waals surface area contributed by atoms with Crippen LogP contribution in [-0.4, -0.2) is 32.4 Å². The lowest BCUT2D eigenvalue weighted by Gasteiger charge is -2.19. The number of carbonyl (C=O) groups excluding carboxylic acids is 1. The number of ether oxygens (including phenoxy) is 1. The normalized spacial score (nSPS) is 11.8. The van der Waals surface area contributed by atoms with E-state index in [2.05, 4.69) is 39.3 Å². The highest BCUT2D eigenvalue weighted by Crippen LogP contribution is 2.25. The molecule has 0 fully saturated rings. The van der Waals surface area contributed by atoms with Crippen molar-refractivity contribution >= 4 is 17.0 Å². The lowest BCUT2D eigenvalue weighted by molar-refractivity contribution is 0.0527. The van der Waals surface area contributed by atoms with Crippen LogP contribution < -0.4 is 11.1 Å². The number of imidazole rings is 1. The summed E-state index contributed by atoms with van der Waals surface area (Å²) < 4.78 is 9.47. The van der Waals surface area contributed by atoms with Gasteiger partial charge in [0.05, 0.1) is 18.6 Å². The van der Waals surface area contributed by atoms with Crippen molar-refractivity contribution < 1.29 is 9.53 Å². The van der Waals surface area contributed by atoms with Gasteiger partial charge in [-0.15, -0.1) is 0 Å². The predicted octanol–water partition coefficient (Wildman–Crippen LogP) is 3.34. The van der Waals surface area contributed by atoms with Gasteiger partial charge in [-0.2, -0.15) is 0 Å². The summed E-state index contributed by atoms with van der Waals surface area (Å²) in [6, 6.07) is 6.37. The first kappa shape index (κ1) is 20.9. The van der Waals surface area contributed by atoms with Gasteiger partial charge in [0.2, 0.25) is 0 Å². The summed E-state index contributed by atoms with van der Waals surface area (Å²) >= 11 is 0. The van der Waals surface area contributed by atoms with Crippen molar-refractivity contribution in [2.75, 3.05) is 6.54 Å². The molecule has 0 aliphatic carbocycles. The number of aryl methyl sites for hydroxylation is 2. The van der Waals surface area contributed by atoms with Crippen LogP contribution in [0.15, 0.2) is 36.9 Å². The summed E-state index contributed by atoms with van der Waals surface area (Å²) in [5, 5.41) is 4.05. The Morgan fingerprint density at radius 1 is 1.28 bits per heavy atom. The summed E-state index contributed by atoms with van der Waals surface area (Å²) in [4.78, 5) is 16.3. The number of nitrogens with zero attached hydrogens (tertiary/aromatic N) is 3. The lowest BCUT2D eigenvalue weighted by Crippen LogP contribution is -2.33. The number of aromatic nitrogens is 3. The van der Waals surface area contributed by atoms with Crippen molar-refractivity contribution in [3.63, 3.8) is 0 Å². The predicted molar refractivity (Wildman–Crippen MR) is 115 cm³/mol. The average molecular weight is 398 g/mol. The Morgan fingerprint density at radius 2 is 2.07 bits per heavy atom. The molecule has 3 rings (SSSR count). The highest BCUT2D eigenvalue weighted by atomic mass is 16.6. The third-order valence-corrected chi connectivity index (χ3v) is 4.65. The van der Waals surface area contributed by atoms with E-state index in [1.54, 1.807) is 0 Å². The Balaban J connectivity index is 1.71. The summed E-state index contributed by atoms with van der Waals surface area (Å²) in [7, 11) is 1.97. The fraction of sp³-hybridized carbons (Fsp3) is 0.455. The first-order valence-corrected chi connectivity index (χ1v) is 9.99. The van der Waals surface area contributed by atoms with Crippen molar-refractivity contribution in [3.05, 3.63) is 53.7 Å². The van der Waals surface area contributed by atoms with Crippen LogP contribution in [0.5, 0.6) is 0 Å². The molecule has 1 amide bonds. The minimum Gasteiger partial charge on any atom is -0.444 e. The van der Waals surface area contributed by atoms with Crippen LogP contribution in [0, 0.1) is 0 Å². The molecule has 29 heavy (non-hydrogen) atoms. The summed E-state index contributed by atoms with van der Waals surface area (Å²) in [5.41, 5.74) is 9.90. The molecule has 0 aliphatic rings. The van der Waals surface area contributed by atoms with Gasteiger partial charge in [0.1, 0.15) is 5.60 Å². The molecule has 0 unspecified atom stereocenters. The molecule has 7 nitrogen and oxygen atoms in total. The standard InChI is InChI=1S/C22H31N5O2/c1-22(2,3)29-21(28)24-9-5-6-17-12-27(14-18-13-26(4)15-25-18)20-10-16(11-23)7-8-19(17)20/h7-8,10,12-13,15H,5-6,9,11,14,23H2,1-4H3,(H,24,28). The van der Waals surface area contributed by atoms with Crippen molar-refractivity contribution in [1.82, 2.24) is 19.4 Å². The van der Waals surface area contributed by atoms with Gasteiger partial charge in [0, 0.05) is 43.4 Å².